The zero-order valence-electron chi connectivity index (χ0n) is 20.9. The van der Waals surface area contributed by atoms with Gasteiger partial charge in [-0.05, 0) is 31.6 Å². The van der Waals surface area contributed by atoms with Crippen molar-refractivity contribution in [3.05, 3.63) is 35.9 Å². The molecule has 4 atom stereocenters. The van der Waals surface area contributed by atoms with E-state index in [4.69, 9.17) is 19.0 Å². The minimum Gasteiger partial charge on any atom is -0.461 e. The van der Waals surface area contributed by atoms with Crippen LogP contribution in [0.3, 0.4) is 0 Å². The zero-order chi connectivity index (χ0) is 24.3. The van der Waals surface area contributed by atoms with Crippen molar-refractivity contribution >= 4 is 11.9 Å². The van der Waals surface area contributed by atoms with E-state index in [9.17, 15) is 9.59 Å². The lowest BCUT2D eigenvalue weighted by molar-refractivity contribution is -0.243. The second-order valence-electron chi connectivity index (χ2n) is 10.9. The number of carbonyl (C=O) groups is 2. The van der Waals surface area contributed by atoms with Crippen LogP contribution in [0.15, 0.2) is 30.3 Å². The molecule has 4 aliphatic rings. The van der Waals surface area contributed by atoms with Gasteiger partial charge in [-0.2, -0.15) is 5.06 Å². The number of benzene rings is 1. The fraction of sp³-hybridized carbons (Fsp3) is 0.714. The Hall–Kier alpha value is -1.96. The molecule has 192 valence electrons. The number of fused-ring (bicyclic) bond motifs is 1. The fourth-order valence-electron chi connectivity index (χ4n) is 6.73. The smallest absolute Gasteiger partial charge is 0.352 e. The van der Waals surface area contributed by atoms with Crippen molar-refractivity contribution in [2.75, 3.05) is 19.8 Å². The van der Waals surface area contributed by atoms with E-state index in [0.717, 1.165) is 32.3 Å². The second kappa shape index (κ2) is 11.0. The molecule has 7 nitrogen and oxygen atoms in total. The van der Waals surface area contributed by atoms with Crippen molar-refractivity contribution in [2.45, 2.75) is 94.9 Å². The highest BCUT2D eigenvalue weighted by atomic mass is 16.7. The predicted molar refractivity (Wildman–Crippen MR) is 129 cm³/mol. The topological polar surface area (TPSA) is 74.3 Å². The molecule has 1 aromatic rings. The largest absolute Gasteiger partial charge is 0.461 e. The van der Waals surface area contributed by atoms with E-state index in [-0.39, 0.29) is 24.3 Å². The van der Waals surface area contributed by atoms with Crippen LogP contribution in [-0.2, 0) is 28.6 Å². The van der Waals surface area contributed by atoms with Crippen molar-refractivity contribution in [3.8, 4) is 0 Å². The summed E-state index contributed by atoms with van der Waals surface area (Å²) in [5, 5.41) is 2.21. The van der Waals surface area contributed by atoms with Crippen LogP contribution in [0.25, 0.3) is 0 Å². The van der Waals surface area contributed by atoms with Crippen LogP contribution < -0.4 is 0 Å². The summed E-state index contributed by atoms with van der Waals surface area (Å²) in [5.41, 5.74) is 0.246. The van der Waals surface area contributed by atoms with E-state index in [2.05, 4.69) is 5.06 Å². The van der Waals surface area contributed by atoms with E-state index < -0.39 is 18.0 Å². The summed E-state index contributed by atoms with van der Waals surface area (Å²) in [6.45, 7) is 2.97. The number of nitrogens with zero attached hydrogens (tertiary/aromatic N) is 1. The average Bonchev–Trinajstić information content (AvgIpc) is 3.50. The Morgan fingerprint density at radius 3 is 2.43 bits per heavy atom. The maximum Gasteiger partial charge on any atom is 0.352 e. The van der Waals surface area contributed by atoms with Crippen LogP contribution in [0, 0.1) is 11.8 Å². The Kier molecular flexibility index (Phi) is 7.75. The Morgan fingerprint density at radius 2 is 1.71 bits per heavy atom. The third-order valence-electron chi connectivity index (χ3n) is 8.47. The van der Waals surface area contributed by atoms with Gasteiger partial charge in [-0.15, -0.1) is 0 Å². The van der Waals surface area contributed by atoms with Crippen molar-refractivity contribution in [1.29, 1.82) is 0 Å². The van der Waals surface area contributed by atoms with Crippen molar-refractivity contribution < 1.29 is 28.6 Å². The summed E-state index contributed by atoms with van der Waals surface area (Å²) in [7, 11) is 0. The SMILES string of the molecule is CC(=O)O[C@H](C(=O)OCC1(N2OC[C@@H]3CO[C@@H](C4CCCCC4)[C@@H]32)CCCCC1)c1ccccc1. The zero-order valence-corrected chi connectivity index (χ0v) is 20.9. The number of hydrogen-bond acceptors (Lipinski definition) is 7. The molecular formula is C28H39NO6. The van der Waals surface area contributed by atoms with Gasteiger partial charge < -0.3 is 14.2 Å². The van der Waals surface area contributed by atoms with Crippen LogP contribution in [0.4, 0.5) is 0 Å². The first-order valence-electron chi connectivity index (χ1n) is 13.5. The maximum absolute atomic E-state index is 13.2. The van der Waals surface area contributed by atoms with E-state index >= 15 is 0 Å². The molecule has 2 saturated carbocycles. The Labute approximate surface area is 208 Å². The highest BCUT2D eigenvalue weighted by Gasteiger charge is 2.56. The summed E-state index contributed by atoms with van der Waals surface area (Å²) in [5.74, 6) is -0.0851. The number of hydrogen-bond donors (Lipinski definition) is 0. The Bertz CT molecular complexity index is 863. The van der Waals surface area contributed by atoms with Crippen molar-refractivity contribution in [3.63, 3.8) is 0 Å². The minimum atomic E-state index is -1.06. The molecule has 0 amide bonds. The van der Waals surface area contributed by atoms with Gasteiger partial charge in [-0.25, -0.2) is 4.79 Å². The van der Waals surface area contributed by atoms with Gasteiger partial charge in [-0.1, -0.05) is 68.9 Å². The molecule has 0 radical (unpaired) electrons. The molecule has 0 aromatic heterocycles. The first kappa shape index (κ1) is 24.7. The molecule has 0 unspecified atom stereocenters. The fourth-order valence-corrected chi connectivity index (χ4v) is 6.73. The van der Waals surface area contributed by atoms with Crippen LogP contribution in [-0.4, -0.2) is 54.5 Å². The van der Waals surface area contributed by atoms with Crippen molar-refractivity contribution in [2.24, 2.45) is 11.8 Å². The first-order chi connectivity index (χ1) is 17.1. The van der Waals surface area contributed by atoms with Gasteiger partial charge in [0.1, 0.15) is 6.61 Å². The number of ether oxygens (including phenoxy) is 3. The molecule has 7 heteroatoms. The second-order valence-corrected chi connectivity index (χ2v) is 10.9. The monoisotopic (exact) mass is 485 g/mol. The van der Waals surface area contributed by atoms with Gasteiger partial charge in [0.05, 0.1) is 30.9 Å². The number of esters is 2. The van der Waals surface area contributed by atoms with E-state index in [1.54, 1.807) is 12.1 Å². The summed E-state index contributed by atoms with van der Waals surface area (Å²) >= 11 is 0. The lowest BCUT2D eigenvalue weighted by Crippen LogP contribution is -2.58. The van der Waals surface area contributed by atoms with Gasteiger partial charge in [0.2, 0.25) is 6.10 Å². The third kappa shape index (κ3) is 5.27. The van der Waals surface area contributed by atoms with Gasteiger partial charge in [0.25, 0.3) is 0 Å². The molecule has 2 heterocycles. The van der Waals surface area contributed by atoms with Crippen LogP contribution in [0.1, 0.15) is 82.8 Å². The quantitative estimate of drug-likeness (QED) is 0.516. The van der Waals surface area contributed by atoms with Crippen molar-refractivity contribution in [1.82, 2.24) is 5.06 Å². The van der Waals surface area contributed by atoms with Gasteiger partial charge in [0.15, 0.2) is 0 Å². The summed E-state index contributed by atoms with van der Waals surface area (Å²) in [6.07, 6.45) is 10.6. The number of rotatable bonds is 7. The molecule has 2 aliphatic heterocycles. The van der Waals surface area contributed by atoms with Gasteiger partial charge in [0, 0.05) is 18.4 Å². The maximum atomic E-state index is 13.2. The molecule has 2 saturated heterocycles. The van der Waals surface area contributed by atoms with Crippen LogP contribution >= 0.6 is 0 Å². The highest BCUT2D eigenvalue weighted by Crippen LogP contribution is 2.46. The van der Waals surface area contributed by atoms with Crippen LogP contribution in [0.2, 0.25) is 0 Å². The number of carbonyl (C=O) groups excluding carboxylic acids is 2. The summed E-state index contributed by atoms with van der Waals surface area (Å²) in [4.78, 5) is 31.4. The first-order valence-corrected chi connectivity index (χ1v) is 13.5. The number of hydroxylamine groups is 2. The van der Waals surface area contributed by atoms with E-state index in [0.29, 0.717) is 24.0 Å². The molecule has 0 N–H and O–H groups in total. The minimum absolute atomic E-state index is 0.190. The lowest BCUT2D eigenvalue weighted by Gasteiger charge is -2.47. The Balaban J connectivity index is 1.34. The molecule has 0 spiro atoms. The van der Waals surface area contributed by atoms with E-state index in [1.807, 2.05) is 18.2 Å². The van der Waals surface area contributed by atoms with Gasteiger partial charge in [-0.3, -0.25) is 9.63 Å². The third-order valence-corrected chi connectivity index (χ3v) is 8.47. The average molecular weight is 486 g/mol. The predicted octanol–water partition coefficient (Wildman–Crippen LogP) is 4.75. The lowest BCUT2D eigenvalue weighted by atomic mass is 9.77. The normalized spacial score (nSPS) is 29.9. The summed E-state index contributed by atoms with van der Waals surface area (Å²) in [6, 6.07) is 9.29. The molecular weight excluding hydrogens is 446 g/mol. The molecule has 2 aliphatic carbocycles. The molecule has 1 aromatic carbocycles. The summed E-state index contributed by atoms with van der Waals surface area (Å²) < 4.78 is 17.8. The van der Waals surface area contributed by atoms with E-state index in [1.165, 1.54) is 45.4 Å². The van der Waals surface area contributed by atoms with Gasteiger partial charge >= 0.3 is 11.9 Å². The Morgan fingerprint density at radius 1 is 1.00 bits per heavy atom. The molecule has 5 rings (SSSR count). The standard InChI is InChI=1S/C28H39NO6/c1-20(30)35-26(22-13-7-3-8-14-22)27(31)33-19-28(15-9-4-10-16-28)29-24-23(18-34-29)17-32-25(24)21-11-5-2-6-12-21/h3,7-8,13-14,21,23-26H,2,4-6,9-12,15-19H2,1H3/t23-,24+,25-,26-/m0/s1. The van der Waals surface area contributed by atoms with Crippen LogP contribution in [0.5, 0.6) is 0 Å². The highest BCUT2D eigenvalue weighted by molar-refractivity contribution is 5.80. The molecule has 0 bridgehead atoms. The molecule has 4 fully saturated rings. The molecule has 35 heavy (non-hydrogen) atoms.